The molecule has 2 rings (SSSR count). The van der Waals surface area contributed by atoms with Gasteiger partial charge in [0.25, 0.3) is 0 Å². The SMILES string of the molecule is CC(C)(C)S(=O)(=O)CCCCCC(=O)Cc1ccc(-c2cccs2)cc1. The zero-order valence-corrected chi connectivity index (χ0v) is 17.5. The van der Waals surface area contributed by atoms with E-state index in [1.54, 1.807) is 32.1 Å². The fourth-order valence-corrected chi connectivity index (χ4v) is 4.57. The molecule has 0 saturated carbocycles. The predicted molar refractivity (Wildman–Crippen MR) is 110 cm³/mol. The van der Waals surface area contributed by atoms with Crippen LogP contribution in [0.4, 0.5) is 0 Å². The molecule has 5 heteroatoms. The molecule has 1 aromatic heterocycles. The Morgan fingerprint density at radius 3 is 2.27 bits per heavy atom. The minimum Gasteiger partial charge on any atom is -0.299 e. The molecule has 0 atom stereocenters. The van der Waals surface area contributed by atoms with Gasteiger partial charge in [-0.05, 0) is 56.2 Å². The second-order valence-corrected chi connectivity index (χ2v) is 11.4. The highest BCUT2D eigenvalue weighted by Gasteiger charge is 2.27. The number of Topliss-reactive ketones (excluding diaryl/α,β-unsaturated/α-hetero) is 1. The van der Waals surface area contributed by atoms with Crippen LogP contribution in [0.15, 0.2) is 41.8 Å². The highest BCUT2D eigenvalue weighted by atomic mass is 32.2. The summed E-state index contributed by atoms with van der Waals surface area (Å²) >= 11 is 1.70. The summed E-state index contributed by atoms with van der Waals surface area (Å²) in [6, 6.07) is 12.3. The van der Waals surface area contributed by atoms with Crippen LogP contribution in [0.2, 0.25) is 0 Å². The van der Waals surface area contributed by atoms with Gasteiger partial charge in [0.15, 0.2) is 9.84 Å². The molecule has 0 fully saturated rings. The first kappa shape index (κ1) is 20.8. The third-order valence-corrected chi connectivity index (χ3v) is 8.07. The molecule has 1 heterocycles. The molecule has 3 nitrogen and oxygen atoms in total. The highest BCUT2D eigenvalue weighted by molar-refractivity contribution is 7.92. The second kappa shape index (κ2) is 8.96. The lowest BCUT2D eigenvalue weighted by atomic mass is 10.0. The van der Waals surface area contributed by atoms with Gasteiger partial charge in [0.2, 0.25) is 0 Å². The Labute approximate surface area is 161 Å². The largest absolute Gasteiger partial charge is 0.299 e. The lowest BCUT2D eigenvalue weighted by Gasteiger charge is -2.18. The van der Waals surface area contributed by atoms with Crippen molar-refractivity contribution in [1.82, 2.24) is 0 Å². The van der Waals surface area contributed by atoms with Crippen LogP contribution in [0.25, 0.3) is 10.4 Å². The summed E-state index contributed by atoms with van der Waals surface area (Å²) in [6.07, 6.45) is 3.12. The van der Waals surface area contributed by atoms with E-state index < -0.39 is 14.6 Å². The fourth-order valence-electron chi connectivity index (χ4n) is 2.64. The van der Waals surface area contributed by atoms with Gasteiger partial charge in [-0.1, -0.05) is 36.8 Å². The minimum absolute atomic E-state index is 0.203. The summed E-state index contributed by atoms with van der Waals surface area (Å²) in [5, 5.41) is 2.06. The molecular weight excluding hydrogens is 364 g/mol. The molecule has 1 aromatic carbocycles. The van der Waals surface area contributed by atoms with E-state index in [-0.39, 0.29) is 11.5 Å². The van der Waals surface area contributed by atoms with Crippen molar-refractivity contribution < 1.29 is 13.2 Å². The Morgan fingerprint density at radius 2 is 1.69 bits per heavy atom. The van der Waals surface area contributed by atoms with Crippen LogP contribution < -0.4 is 0 Å². The van der Waals surface area contributed by atoms with E-state index in [9.17, 15) is 13.2 Å². The maximum absolute atomic E-state index is 12.1. The number of thiophene rings is 1. The minimum atomic E-state index is -3.05. The molecule has 0 aliphatic rings. The van der Waals surface area contributed by atoms with E-state index in [0.29, 0.717) is 19.3 Å². The Balaban J connectivity index is 1.71. The van der Waals surface area contributed by atoms with Crippen LogP contribution in [-0.4, -0.2) is 24.7 Å². The normalized spacial score (nSPS) is 12.3. The van der Waals surface area contributed by atoms with Gasteiger partial charge in [-0.3, -0.25) is 4.79 Å². The molecule has 0 spiro atoms. The van der Waals surface area contributed by atoms with Gasteiger partial charge >= 0.3 is 0 Å². The van der Waals surface area contributed by atoms with Crippen molar-refractivity contribution in [2.24, 2.45) is 0 Å². The second-order valence-electron chi connectivity index (χ2n) is 7.63. The molecular formula is C21H28O3S2. The van der Waals surface area contributed by atoms with E-state index >= 15 is 0 Å². The number of sulfone groups is 1. The fraction of sp³-hybridized carbons (Fsp3) is 0.476. The number of hydrogen-bond donors (Lipinski definition) is 0. The van der Waals surface area contributed by atoms with Crippen molar-refractivity contribution in [2.75, 3.05) is 5.75 Å². The van der Waals surface area contributed by atoms with Gasteiger partial charge in [-0.15, -0.1) is 11.3 Å². The topological polar surface area (TPSA) is 51.2 Å². The molecule has 0 aliphatic heterocycles. The van der Waals surface area contributed by atoms with Crippen molar-refractivity contribution >= 4 is 27.0 Å². The molecule has 0 saturated heterocycles. The average molecular weight is 393 g/mol. The number of carbonyl (C=O) groups is 1. The zero-order chi connectivity index (χ0) is 19.2. The van der Waals surface area contributed by atoms with Crippen molar-refractivity contribution in [2.45, 2.75) is 57.6 Å². The number of unbranched alkanes of at least 4 members (excludes halogenated alkanes) is 2. The summed E-state index contributed by atoms with van der Waals surface area (Å²) in [5.41, 5.74) is 2.21. The first-order valence-corrected chi connectivity index (χ1v) is 11.6. The lowest BCUT2D eigenvalue weighted by molar-refractivity contribution is -0.118. The van der Waals surface area contributed by atoms with Crippen molar-refractivity contribution in [3.63, 3.8) is 0 Å². The van der Waals surface area contributed by atoms with Crippen molar-refractivity contribution in [1.29, 1.82) is 0 Å². The Bertz CT molecular complexity index is 796. The molecule has 2 aromatic rings. The zero-order valence-electron chi connectivity index (χ0n) is 15.8. The Kier molecular flexibility index (Phi) is 7.18. The Morgan fingerprint density at radius 1 is 1.00 bits per heavy atom. The maximum atomic E-state index is 12.1. The third-order valence-electron chi connectivity index (χ3n) is 4.46. The summed E-state index contributed by atoms with van der Waals surface area (Å²) < 4.78 is 23.4. The molecule has 142 valence electrons. The molecule has 0 radical (unpaired) electrons. The van der Waals surface area contributed by atoms with Gasteiger partial charge in [-0.2, -0.15) is 0 Å². The number of hydrogen-bond acceptors (Lipinski definition) is 4. The van der Waals surface area contributed by atoms with Crippen molar-refractivity contribution in [3.05, 3.63) is 47.3 Å². The summed E-state index contributed by atoms with van der Waals surface area (Å²) in [5.74, 6) is 0.419. The molecule has 0 N–H and O–H groups in total. The smallest absolute Gasteiger partial charge is 0.155 e. The van der Waals surface area contributed by atoms with E-state index in [2.05, 4.69) is 23.6 Å². The molecule has 0 bridgehead atoms. The van der Waals surface area contributed by atoms with Gasteiger partial charge in [-0.25, -0.2) is 8.42 Å². The first-order chi connectivity index (χ1) is 12.2. The van der Waals surface area contributed by atoms with Crippen LogP contribution in [0.5, 0.6) is 0 Å². The van der Waals surface area contributed by atoms with E-state index in [4.69, 9.17) is 0 Å². The number of rotatable bonds is 9. The summed E-state index contributed by atoms with van der Waals surface area (Å²) in [4.78, 5) is 13.4. The van der Waals surface area contributed by atoms with Gasteiger partial charge in [0.05, 0.1) is 10.5 Å². The monoisotopic (exact) mass is 392 g/mol. The van der Waals surface area contributed by atoms with E-state index in [0.717, 1.165) is 18.4 Å². The van der Waals surface area contributed by atoms with Crippen LogP contribution >= 0.6 is 11.3 Å². The molecule has 0 amide bonds. The predicted octanol–water partition coefficient (Wildman–Crippen LogP) is 5.30. The highest BCUT2D eigenvalue weighted by Crippen LogP contribution is 2.25. The van der Waals surface area contributed by atoms with Crippen LogP contribution in [-0.2, 0) is 21.1 Å². The van der Waals surface area contributed by atoms with Gasteiger partial charge < -0.3 is 0 Å². The summed E-state index contributed by atoms with van der Waals surface area (Å²) in [6.45, 7) is 5.20. The molecule has 0 aliphatic carbocycles. The lowest BCUT2D eigenvalue weighted by Crippen LogP contribution is -2.30. The quantitative estimate of drug-likeness (QED) is 0.544. The maximum Gasteiger partial charge on any atom is 0.155 e. The van der Waals surface area contributed by atoms with E-state index in [1.807, 2.05) is 18.2 Å². The summed E-state index contributed by atoms with van der Waals surface area (Å²) in [7, 11) is -3.05. The molecule has 26 heavy (non-hydrogen) atoms. The Hall–Kier alpha value is -1.46. The number of carbonyl (C=O) groups excluding carboxylic acids is 1. The third kappa shape index (κ3) is 6.06. The van der Waals surface area contributed by atoms with Gasteiger partial charge in [0, 0.05) is 17.7 Å². The molecule has 0 unspecified atom stereocenters. The van der Waals surface area contributed by atoms with Crippen molar-refractivity contribution in [3.8, 4) is 10.4 Å². The number of ketones is 1. The first-order valence-electron chi connectivity index (χ1n) is 9.06. The standard InChI is InChI=1S/C21H28O3S2/c1-21(2,3)26(23,24)15-6-4-5-8-19(22)16-17-10-12-18(13-11-17)20-9-7-14-25-20/h7,9-14H,4-6,8,15-16H2,1-3H3. The number of benzene rings is 1. The van der Waals surface area contributed by atoms with Crippen LogP contribution in [0.1, 0.15) is 52.0 Å². The van der Waals surface area contributed by atoms with Gasteiger partial charge in [0.1, 0.15) is 5.78 Å². The van der Waals surface area contributed by atoms with E-state index in [1.165, 1.54) is 10.4 Å². The van der Waals surface area contributed by atoms with Crippen LogP contribution in [0, 0.1) is 0 Å². The average Bonchev–Trinajstić information content (AvgIpc) is 3.08. The van der Waals surface area contributed by atoms with Crippen LogP contribution in [0.3, 0.4) is 0 Å².